The lowest BCUT2D eigenvalue weighted by Crippen LogP contribution is -2.44. The van der Waals surface area contributed by atoms with Crippen LogP contribution in [0.15, 0.2) is 18.2 Å². The average molecular weight is 324 g/mol. The summed E-state index contributed by atoms with van der Waals surface area (Å²) in [7, 11) is 0. The minimum Gasteiger partial charge on any atom is -0.508 e. The number of hydrogen-bond donors (Lipinski definition) is 4. The first-order chi connectivity index (χ1) is 10.6. The van der Waals surface area contributed by atoms with Crippen molar-refractivity contribution in [1.29, 1.82) is 0 Å². The van der Waals surface area contributed by atoms with Crippen molar-refractivity contribution in [3.63, 3.8) is 0 Å². The van der Waals surface area contributed by atoms with Crippen LogP contribution in [0.1, 0.15) is 52.6 Å². The quantitative estimate of drug-likeness (QED) is 0.645. The zero-order valence-electron chi connectivity index (χ0n) is 14.5. The number of carbonyl (C=O) groups excluding carboxylic acids is 1. The van der Waals surface area contributed by atoms with Crippen LogP contribution in [0.25, 0.3) is 0 Å². The van der Waals surface area contributed by atoms with E-state index in [1.165, 1.54) is 12.1 Å². The van der Waals surface area contributed by atoms with Crippen LogP contribution in [0.3, 0.4) is 0 Å². The molecule has 0 bridgehead atoms. The van der Waals surface area contributed by atoms with E-state index in [0.717, 1.165) is 6.42 Å². The van der Waals surface area contributed by atoms with E-state index in [0.29, 0.717) is 12.1 Å². The number of ether oxygens (including phenoxy) is 1. The summed E-state index contributed by atoms with van der Waals surface area (Å²) in [6.45, 7) is 9.89. The van der Waals surface area contributed by atoms with Crippen LogP contribution < -0.4 is 10.6 Å². The highest BCUT2D eigenvalue weighted by molar-refractivity contribution is 5.68. The summed E-state index contributed by atoms with van der Waals surface area (Å²) in [5.74, 6) is 0.0645. The van der Waals surface area contributed by atoms with Gasteiger partial charge in [-0.05, 0) is 40.2 Å². The number of hydrogen-bond acceptors (Lipinski definition) is 5. The largest absolute Gasteiger partial charge is 0.508 e. The molecule has 2 unspecified atom stereocenters. The summed E-state index contributed by atoms with van der Waals surface area (Å²) >= 11 is 0. The predicted molar refractivity (Wildman–Crippen MR) is 89.6 cm³/mol. The first-order valence-electron chi connectivity index (χ1n) is 7.87. The summed E-state index contributed by atoms with van der Waals surface area (Å²) in [6.07, 6.45) is 0.312. The minimum absolute atomic E-state index is 0.0245. The van der Waals surface area contributed by atoms with Crippen molar-refractivity contribution in [3.05, 3.63) is 23.8 Å². The van der Waals surface area contributed by atoms with Crippen molar-refractivity contribution in [3.8, 4) is 11.5 Å². The SMILES string of the molecule is CCC(CNC(C)c1ccc(O)cc1O)NC(=O)OC(C)(C)C. The number of phenols is 2. The maximum Gasteiger partial charge on any atom is 0.407 e. The van der Waals surface area contributed by atoms with Gasteiger partial charge in [-0.25, -0.2) is 4.79 Å². The second kappa shape index (κ2) is 8.06. The van der Waals surface area contributed by atoms with Gasteiger partial charge in [0.25, 0.3) is 0 Å². The molecular weight excluding hydrogens is 296 g/mol. The van der Waals surface area contributed by atoms with Crippen LogP contribution >= 0.6 is 0 Å². The highest BCUT2D eigenvalue weighted by Crippen LogP contribution is 2.27. The number of amides is 1. The fraction of sp³-hybridized carbons (Fsp3) is 0.588. The van der Waals surface area contributed by atoms with Crippen molar-refractivity contribution >= 4 is 6.09 Å². The molecule has 0 saturated heterocycles. The molecular formula is C17H28N2O4. The number of nitrogens with one attached hydrogen (secondary N) is 2. The first kappa shape index (κ1) is 19.1. The molecule has 4 N–H and O–H groups in total. The van der Waals surface area contributed by atoms with Crippen molar-refractivity contribution in [1.82, 2.24) is 10.6 Å². The molecule has 2 atom stereocenters. The molecule has 23 heavy (non-hydrogen) atoms. The molecule has 0 aromatic heterocycles. The van der Waals surface area contributed by atoms with Gasteiger partial charge < -0.3 is 25.6 Å². The number of rotatable bonds is 6. The van der Waals surface area contributed by atoms with Gasteiger partial charge in [-0.3, -0.25) is 0 Å². The van der Waals surface area contributed by atoms with Gasteiger partial charge in [0.1, 0.15) is 17.1 Å². The summed E-state index contributed by atoms with van der Waals surface area (Å²) in [6, 6.07) is 4.31. The monoisotopic (exact) mass is 324 g/mol. The summed E-state index contributed by atoms with van der Waals surface area (Å²) < 4.78 is 5.25. The molecule has 0 radical (unpaired) electrons. The van der Waals surface area contributed by atoms with Crippen LogP contribution in [0.2, 0.25) is 0 Å². The number of phenolic OH excluding ortho intramolecular Hbond substituents is 2. The van der Waals surface area contributed by atoms with Gasteiger partial charge in [-0.2, -0.15) is 0 Å². The van der Waals surface area contributed by atoms with Gasteiger partial charge >= 0.3 is 6.09 Å². The first-order valence-corrected chi connectivity index (χ1v) is 7.87. The fourth-order valence-electron chi connectivity index (χ4n) is 2.10. The van der Waals surface area contributed by atoms with Crippen LogP contribution in [-0.2, 0) is 4.74 Å². The van der Waals surface area contributed by atoms with E-state index in [2.05, 4.69) is 10.6 Å². The molecule has 130 valence electrons. The third kappa shape index (κ3) is 6.78. The van der Waals surface area contributed by atoms with E-state index in [-0.39, 0.29) is 23.6 Å². The maximum absolute atomic E-state index is 11.8. The number of benzene rings is 1. The van der Waals surface area contributed by atoms with E-state index in [1.54, 1.807) is 6.07 Å². The van der Waals surface area contributed by atoms with Crippen molar-refractivity contribution in [2.75, 3.05) is 6.54 Å². The van der Waals surface area contributed by atoms with Crippen molar-refractivity contribution in [2.45, 2.75) is 58.7 Å². The van der Waals surface area contributed by atoms with Gasteiger partial charge in [0.05, 0.1) is 0 Å². The van der Waals surface area contributed by atoms with E-state index < -0.39 is 11.7 Å². The molecule has 6 nitrogen and oxygen atoms in total. The summed E-state index contributed by atoms with van der Waals surface area (Å²) in [5.41, 5.74) is 0.163. The summed E-state index contributed by atoms with van der Waals surface area (Å²) in [4.78, 5) is 11.8. The molecule has 0 aliphatic heterocycles. The Hall–Kier alpha value is -1.95. The molecule has 0 aliphatic rings. The molecule has 1 amide bonds. The van der Waals surface area contributed by atoms with Crippen molar-refractivity contribution in [2.24, 2.45) is 0 Å². The van der Waals surface area contributed by atoms with Crippen LogP contribution in [0.4, 0.5) is 4.79 Å². The predicted octanol–water partition coefficient (Wildman–Crippen LogP) is 3.05. The van der Waals surface area contributed by atoms with Gasteiger partial charge in [0.15, 0.2) is 0 Å². The second-order valence-electron chi connectivity index (χ2n) is 6.62. The van der Waals surface area contributed by atoms with E-state index in [4.69, 9.17) is 4.74 Å². The van der Waals surface area contributed by atoms with Crippen LogP contribution in [0, 0.1) is 0 Å². The van der Waals surface area contributed by atoms with Crippen molar-refractivity contribution < 1.29 is 19.7 Å². The van der Waals surface area contributed by atoms with Gasteiger partial charge in [0.2, 0.25) is 0 Å². The molecule has 0 spiro atoms. The molecule has 1 rings (SSSR count). The standard InChI is InChI=1S/C17H28N2O4/c1-6-12(19-16(22)23-17(3,4)5)10-18-11(2)14-8-7-13(20)9-15(14)21/h7-9,11-12,18,20-21H,6,10H2,1-5H3,(H,19,22). The smallest absolute Gasteiger partial charge is 0.407 e. The lowest BCUT2D eigenvalue weighted by molar-refractivity contribution is 0.0502. The Morgan fingerprint density at radius 1 is 1.30 bits per heavy atom. The molecule has 0 aliphatic carbocycles. The number of alkyl carbamates (subject to hydrolysis) is 1. The average Bonchev–Trinajstić information content (AvgIpc) is 2.41. The Balaban J connectivity index is 2.55. The zero-order valence-corrected chi connectivity index (χ0v) is 14.5. The topological polar surface area (TPSA) is 90.8 Å². The fourth-order valence-corrected chi connectivity index (χ4v) is 2.10. The molecule has 0 heterocycles. The molecule has 1 aromatic rings. The molecule has 1 aromatic carbocycles. The third-order valence-electron chi connectivity index (χ3n) is 3.36. The highest BCUT2D eigenvalue weighted by atomic mass is 16.6. The Kier molecular flexibility index (Phi) is 6.69. The van der Waals surface area contributed by atoms with Gasteiger partial charge in [0, 0.05) is 30.3 Å². The summed E-state index contributed by atoms with van der Waals surface area (Å²) in [5, 5.41) is 25.3. The van der Waals surface area contributed by atoms with Crippen LogP contribution in [0.5, 0.6) is 11.5 Å². The van der Waals surface area contributed by atoms with Crippen LogP contribution in [-0.4, -0.2) is 34.5 Å². The highest BCUT2D eigenvalue weighted by Gasteiger charge is 2.19. The Labute approximate surface area is 137 Å². The van der Waals surface area contributed by atoms with E-state index >= 15 is 0 Å². The van der Waals surface area contributed by atoms with E-state index in [1.807, 2.05) is 34.6 Å². The normalized spacial score (nSPS) is 14.1. The lowest BCUT2D eigenvalue weighted by Gasteiger charge is -2.24. The molecule has 0 fully saturated rings. The van der Waals surface area contributed by atoms with Gasteiger partial charge in [-0.15, -0.1) is 0 Å². The number of aromatic hydroxyl groups is 2. The lowest BCUT2D eigenvalue weighted by atomic mass is 10.1. The molecule has 6 heteroatoms. The Morgan fingerprint density at radius 3 is 2.48 bits per heavy atom. The third-order valence-corrected chi connectivity index (χ3v) is 3.36. The van der Waals surface area contributed by atoms with Gasteiger partial charge in [-0.1, -0.05) is 13.0 Å². The Bertz CT molecular complexity index is 526. The second-order valence-corrected chi connectivity index (χ2v) is 6.62. The maximum atomic E-state index is 11.8. The number of carbonyl (C=O) groups is 1. The Morgan fingerprint density at radius 2 is 1.96 bits per heavy atom. The molecule has 0 saturated carbocycles. The minimum atomic E-state index is -0.527. The van der Waals surface area contributed by atoms with E-state index in [9.17, 15) is 15.0 Å². The zero-order chi connectivity index (χ0) is 17.6.